The van der Waals surface area contributed by atoms with Gasteiger partial charge in [0.1, 0.15) is 0 Å². The highest BCUT2D eigenvalue weighted by molar-refractivity contribution is 9.10. The molecule has 39 heavy (non-hydrogen) atoms. The maximum Gasteiger partial charge on any atom is 0.451 e. The normalized spacial score (nSPS) is 28.6. The van der Waals surface area contributed by atoms with Crippen LogP contribution in [0.5, 0.6) is 0 Å². The number of halogens is 1. The van der Waals surface area contributed by atoms with Crippen LogP contribution in [-0.2, 0) is 10.3 Å². The molecule has 6 nitrogen and oxygen atoms in total. The number of aromatic nitrogens is 1. The molecule has 4 saturated heterocycles. The van der Waals surface area contributed by atoms with Crippen LogP contribution < -0.4 is 5.32 Å². The summed E-state index contributed by atoms with van der Waals surface area (Å²) in [7, 11) is -2.36. The van der Waals surface area contributed by atoms with Gasteiger partial charge in [-0.2, -0.15) is 0 Å². The molecule has 2 unspecified atom stereocenters. The highest BCUT2D eigenvalue weighted by Crippen LogP contribution is 2.85. The lowest BCUT2D eigenvalue weighted by molar-refractivity contribution is 0.0762. The van der Waals surface area contributed by atoms with E-state index in [1.54, 1.807) is 0 Å². The van der Waals surface area contributed by atoms with Gasteiger partial charge >= 0.3 is 5.71 Å². The Balaban J connectivity index is 1.37. The summed E-state index contributed by atoms with van der Waals surface area (Å²) in [5.41, 5.74) is 2.61. The fourth-order valence-electron chi connectivity index (χ4n) is 7.03. The van der Waals surface area contributed by atoms with Gasteiger partial charge in [0.25, 0.3) is 5.91 Å². The van der Waals surface area contributed by atoms with E-state index in [1.165, 1.54) is 0 Å². The molecular weight excluding hydrogens is 575 g/mol. The van der Waals surface area contributed by atoms with Crippen molar-refractivity contribution in [2.45, 2.75) is 36.8 Å². The van der Waals surface area contributed by atoms with Crippen LogP contribution in [0.2, 0.25) is 0 Å². The Labute approximate surface area is 235 Å². The highest BCUT2D eigenvalue weighted by atomic mass is 79.9. The number of amides is 1. The molecule has 2 N–H and O–H groups in total. The van der Waals surface area contributed by atoms with E-state index in [4.69, 9.17) is 9.72 Å². The second-order valence-corrected chi connectivity index (χ2v) is 15.6. The summed E-state index contributed by atoms with van der Waals surface area (Å²) in [5, 5.41) is 14.6. The minimum absolute atomic E-state index is 0.178. The van der Waals surface area contributed by atoms with Crippen LogP contribution in [0, 0.1) is 6.92 Å². The van der Waals surface area contributed by atoms with Crippen molar-refractivity contribution in [2.75, 3.05) is 12.3 Å². The molecule has 1 amide bonds. The van der Waals surface area contributed by atoms with Gasteiger partial charge in [-0.1, -0.05) is 76.6 Å². The molecule has 0 saturated carbocycles. The van der Waals surface area contributed by atoms with Gasteiger partial charge < -0.3 is 15.2 Å². The van der Waals surface area contributed by atoms with Crippen LogP contribution in [0.15, 0.2) is 83.3 Å². The predicted octanol–water partition coefficient (Wildman–Crippen LogP) is 7.20. The Morgan fingerprint density at radius 2 is 1.69 bits per heavy atom. The van der Waals surface area contributed by atoms with Crippen LogP contribution in [0.25, 0.3) is 22.2 Å². The van der Waals surface area contributed by atoms with E-state index >= 15 is 0 Å². The van der Waals surface area contributed by atoms with Crippen molar-refractivity contribution >= 4 is 45.7 Å². The molecule has 0 aliphatic carbocycles. The molecule has 4 aliphatic heterocycles. The zero-order valence-electron chi connectivity index (χ0n) is 21.4. The van der Waals surface area contributed by atoms with Crippen LogP contribution in [0.3, 0.4) is 0 Å². The maximum atomic E-state index is 14.5. The molecule has 8 rings (SSSR count). The molecule has 8 heteroatoms. The Hall–Kier alpha value is -3.12. The molecule has 0 radical (unpaired) electrons. The monoisotopic (exact) mass is 601 g/mol. The third kappa shape index (κ3) is 3.43. The standard InChI is InChI=1S/C31H26BrN2O4P/c1-19-25(23-18-22(32)12-13-24(23)33-26(19)20-8-4-2-5-9-20)27(35)34-30-14-16-39(17-15-30,29(36)37)28-31(30,38-28)21-10-6-3-7-11-21/h2-13,18,28H,14-17H2,1H3,(H-,34,35,36,37)/p+1. The van der Waals surface area contributed by atoms with E-state index in [-0.39, 0.29) is 11.8 Å². The summed E-state index contributed by atoms with van der Waals surface area (Å²) in [6.45, 7) is 1.95. The summed E-state index contributed by atoms with van der Waals surface area (Å²) >= 11 is 3.58. The Bertz CT molecular complexity index is 1650. The quantitative estimate of drug-likeness (QED) is 0.186. The lowest BCUT2D eigenvalue weighted by Gasteiger charge is -2.48. The van der Waals surface area contributed by atoms with E-state index in [0.29, 0.717) is 30.7 Å². The first-order valence-corrected chi connectivity index (χ1v) is 16.1. The second kappa shape index (κ2) is 8.69. The highest BCUT2D eigenvalue weighted by Gasteiger charge is 2.88. The van der Waals surface area contributed by atoms with Crippen LogP contribution in [0.4, 0.5) is 4.79 Å². The number of hydrogen-bond donors (Lipinski definition) is 2. The van der Waals surface area contributed by atoms with Gasteiger partial charge in [-0.05, 0) is 36.2 Å². The van der Waals surface area contributed by atoms with Gasteiger partial charge in [-0.15, -0.1) is 0 Å². The number of nitrogens with zero attached hydrogens (tertiary/aromatic N) is 1. The number of carboxylic acid groups (broad SMARTS) is 1. The minimum atomic E-state index is -2.36. The zero-order chi connectivity index (χ0) is 27.0. The molecule has 4 fully saturated rings. The summed E-state index contributed by atoms with van der Waals surface area (Å²) in [6, 6.07) is 25.6. The number of hydrogen-bond acceptors (Lipinski definition) is 4. The number of ether oxygens (including phenoxy) is 1. The number of rotatable bonds is 5. The Morgan fingerprint density at radius 1 is 1.03 bits per heavy atom. The fraction of sp³-hybridized carbons (Fsp3) is 0.258. The third-order valence-corrected chi connectivity index (χ3v) is 13.7. The van der Waals surface area contributed by atoms with Gasteiger partial charge in [0.2, 0.25) is 5.85 Å². The van der Waals surface area contributed by atoms with E-state index in [9.17, 15) is 14.7 Å². The number of carbonyl (C=O) groups is 2. The molecule has 5 heterocycles. The number of pyridine rings is 1. The van der Waals surface area contributed by atoms with Gasteiger partial charge in [0.15, 0.2) is 12.9 Å². The lowest BCUT2D eigenvalue weighted by Crippen LogP contribution is -2.64. The molecule has 0 spiro atoms. The van der Waals surface area contributed by atoms with Crippen LogP contribution >= 0.6 is 23.2 Å². The topological polar surface area (TPSA) is 91.8 Å². The first-order chi connectivity index (χ1) is 18.8. The Kier molecular flexibility index (Phi) is 5.55. The minimum Gasteiger partial charge on any atom is -0.452 e. The second-order valence-electron chi connectivity index (χ2n) is 10.9. The number of fused-ring (bicyclic) bond motifs is 3. The zero-order valence-corrected chi connectivity index (χ0v) is 23.8. The van der Waals surface area contributed by atoms with Crippen molar-refractivity contribution in [3.63, 3.8) is 0 Å². The first kappa shape index (κ1) is 24.9. The Morgan fingerprint density at radius 3 is 2.36 bits per heavy atom. The summed E-state index contributed by atoms with van der Waals surface area (Å²) in [6.07, 6.45) is 2.33. The number of nitrogens with one attached hydrogen (secondary N) is 1. The van der Waals surface area contributed by atoms with Crippen molar-refractivity contribution in [3.05, 3.63) is 100 Å². The van der Waals surface area contributed by atoms with Gasteiger partial charge in [0.05, 0.1) is 34.6 Å². The van der Waals surface area contributed by atoms with Crippen molar-refractivity contribution in [3.8, 4) is 11.3 Å². The molecular formula is C31H27BrN2O4P+. The largest absolute Gasteiger partial charge is 0.452 e. The average Bonchev–Trinajstić information content (AvgIpc) is 3.74. The van der Waals surface area contributed by atoms with E-state index < -0.39 is 24.1 Å². The maximum absolute atomic E-state index is 14.5. The van der Waals surface area contributed by atoms with E-state index in [1.807, 2.05) is 85.8 Å². The molecule has 4 aliphatic rings. The SMILES string of the molecule is Cc1c(-c2ccccc2)nc2ccc(Br)cc2c1C(=O)NC12CC[P+](C(=O)O)(CC1)C1OC12c1ccccc1. The first-order valence-electron chi connectivity index (χ1n) is 13.1. The molecule has 2 atom stereocenters. The lowest BCUT2D eigenvalue weighted by atomic mass is 9.74. The summed E-state index contributed by atoms with van der Waals surface area (Å²) in [5.74, 6) is -0.542. The summed E-state index contributed by atoms with van der Waals surface area (Å²) in [4.78, 5) is 32.0. The number of benzene rings is 3. The van der Waals surface area contributed by atoms with Crippen molar-refractivity contribution in [1.82, 2.24) is 10.3 Å². The molecule has 2 bridgehead atoms. The van der Waals surface area contributed by atoms with Crippen LogP contribution in [-0.4, -0.2) is 45.4 Å². The van der Waals surface area contributed by atoms with Gasteiger partial charge in [0, 0.05) is 28.3 Å². The molecule has 3 aromatic carbocycles. The average molecular weight is 602 g/mol. The molecule has 196 valence electrons. The van der Waals surface area contributed by atoms with Crippen molar-refractivity contribution in [1.29, 1.82) is 0 Å². The molecule has 4 aromatic rings. The predicted molar refractivity (Wildman–Crippen MR) is 157 cm³/mol. The van der Waals surface area contributed by atoms with E-state index in [0.717, 1.165) is 37.8 Å². The van der Waals surface area contributed by atoms with Gasteiger partial charge in [-0.3, -0.25) is 4.79 Å². The van der Waals surface area contributed by atoms with E-state index in [2.05, 4.69) is 21.2 Å². The third-order valence-electron chi connectivity index (χ3n) is 9.02. The number of carbonyl (C=O) groups excluding carboxylic acids is 1. The van der Waals surface area contributed by atoms with Crippen molar-refractivity contribution in [2.24, 2.45) is 0 Å². The number of epoxide rings is 1. The fourth-order valence-corrected chi connectivity index (χ4v) is 11.7. The smallest absolute Gasteiger partial charge is 0.451 e. The van der Waals surface area contributed by atoms with Gasteiger partial charge in [-0.25, -0.2) is 9.78 Å². The van der Waals surface area contributed by atoms with Crippen molar-refractivity contribution < 1.29 is 19.4 Å². The summed E-state index contributed by atoms with van der Waals surface area (Å²) < 4.78 is 7.38. The molecule has 1 aromatic heterocycles. The van der Waals surface area contributed by atoms with Crippen LogP contribution in [0.1, 0.15) is 34.3 Å².